The smallest absolute Gasteiger partial charge is 0.300 e. The molecular formula is C30H29FN2O4. The number of nitrogens with zero attached hydrogens (tertiary/aromatic N) is 2. The van der Waals surface area contributed by atoms with Crippen molar-refractivity contribution in [3.63, 3.8) is 0 Å². The lowest BCUT2D eigenvalue weighted by Gasteiger charge is -2.26. The highest BCUT2D eigenvalue weighted by molar-refractivity contribution is 6.51. The van der Waals surface area contributed by atoms with E-state index in [0.717, 1.165) is 37.2 Å². The van der Waals surface area contributed by atoms with Gasteiger partial charge in [0, 0.05) is 35.6 Å². The number of aryl methyl sites for hydroxylation is 2. The van der Waals surface area contributed by atoms with E-state index in [1.54, 1.807) is 50.4 Å². The van der Waals surface area contributed by atoms with Crippen molar-refractivity contribution < 1.29 is 23.8 Å². The van der Waals surface area contributed by atoms with Crippen molar-refractivity contribution in [3.8, 4) is 5.75 Å². The number of Topliss-reactive ketones (excluding diaryl/α,β-unsaturated/α-hetero) is 1. The summed E-state index contributed by atoms with van der Waals surface area (Å²) in [6.45, 7) is 5.55. The molecule has 0 spiro atoms. The number of hydrogen-bond acceptors (Lipinski definition) is 5. The summed E-state index contributed by atoms with van der Waals surface area (Å²) in [6, 6.07) is 15.7. The quantitative estimate of drug-likeness (QED) is 0.277. The van der Waals surface area contributed by atoms with E-state index in [-0.39, 0.29) is 16.9 Å². The third-order valence-electron chi connectivity index (χ3n) is 7.24. The van der Waals surface area contributed by atoms with Gasteiger partial charge in [-0.2, -0.15) is 0 Å². The topological polar surface area (TPSA) is 70.1 Å². The number of ether oxygens (including phenoxy) is 1. The van der Waals surface area contributed by atoms with Crippen LogP contribution in [-0.2, 0) is 9.59 Å². The number of aliphatic hydroxyl groups is 1. The SMILES string of the molecule is COc1cc(C)c(/C(O)=C2\C(=O)C(=O)N(c3ccc(N4CCCC4)cc3)C2c2ccccc2F)cc1C. The first-order valence-electron chi connectivity index (χ1n) is 12.4. The number of hydrogen-bond donors (Lipinski definition) is 1. The molecule has 1 N–H and O–H groups in total. The van der Waals surface area contributed by atoms with E-state index in [9.17, 15) is 14.7 Å². The summed E-state index contributed by atoms with van der Waals surface area (Å²) in [6.07, 6.45) is 2.27. The minimum Gasteiger partial charge on any atom is -0.507 e. The standard InChI is InChI=1S/C30H29FN2O4/c1-18-17-25(37-3)19(2)16-23(18)28(34)26-27(22-8-4-5-9-24(22)31)33(30(36)29(26)35)21-12-10-20(11-13-21)32-14-6-7-15-32/h4-5,8-13,16-17,27,34H,6-7,14-15H2,1-3H3/b28-26+. The van der Waals surface area contributed by atoms with Crippen LogP contribution < -0.4 is 14.5 Å². The van der Waals surface area contributed by atoms with Crippen molar-refractivity contribution >= 4 is 28.8 Å². The maximum absolute atomic E-state index is 15.2. The Labute approximate surface area is 215 Å². The van der Waals surface area contributed by atoms with Crippen molar-refractivity contribution in [1.29, 1.82) is 0 Å². The van der Waals surface area contributed by atoms with Gasteiger partial charge in [-0.25, -0.2) is 4.39 Å². The molecule has 0 bridgehead atoms. The summed E-state index contributed by atoms with van der Waals surface area (Å²) in [5.74, 6) is -1.94. The van der Waals surface area contributed by atoms with Gasteiger partial charge in [0.1, 0.15) is 17.3 Å². The number of halogens is 1. The highest BCUT2D eigenvalue weighted by Crippen LogP contribution is 2.44. The number of anilines is 2. The van der Waals surface area contributed by atoms with Gasteiger partial charge in [-0.3, -0.25) is 14.5 Å². The Kier molecular flexibility index (Phi) is 6.46. The molecule has 1 atom stereocenters. The van der Waals surface area contributed by atoms with Gasteiger partial charge >= 0.3 is 0 Å². The van der Waals surface area contributed by atoms with Crippen LogP contribution in [0.25, 0.3) is 5.76 Å². The van der Waals surface area contributed by atoms with Gasteiger partial charge in [-0.15, -0.1) is 0 Å². The first-order chi connectivity index (χ1) is 17.8. The molecular weight excluding hydrogens is 471 g/mol. The number of methoxy groups -OCH3 is 1. The molecule has 2 aliphatic heterocycles. The van der Waals surface area contributed by atoms with Crippen molar-refractivity contribution in [1.82, 2.24) is 0 Å². The fourth-order valence-electron chi connectivity index (χ4n) is 5.30. The maximum Gasteiger partial charge on any atom is 0.300 e. The Morgan fingerprint density at radius 3 is 2.24 bits per heavy atom. The molecule has 190 valence electrons. The fraction of sp³-hybridized carbons (Fsp3) is 0.267. The predicted octanol–water partition coefficient (Wildman–Crippen LogP) is 5.68. The molecule has 0 aromatic heterocycles. The maximum atomic E-state index is 15.2. The molecule has 2 fully saturated rings. The van der Waals surface area contributed by atoms with Crippen LogP contribution in [0.3, 0.4) is 0 Å². The third kappa shape index (κ3) is 4.24. The van der Waals surface area contributed by atoms with Gasteiger partial charge in [0.25, 0.3) is 11.7 Å². The number of amides is 1. The highest BCUT2D eigenvalue weighted by atomic mass is 19.1. The van der Waals surface area contributed by atoms with E-state index in [0.29, 0.717) is 22.6 Å². The fourth-order valence-corrected chi connectivity index (χ4v) is 5.30. The summed E-state index contributed by atoms with van der Waals surface area (Å²) in [7, 11) is 1.56. The molecule has 0 saturated carbocycles. The van der Waals surface area contributed by atoms with Crippen LogP contribution in [0.2, 0.25) is 0 Å². The van der Waals surface area contributed by atoms with Gasteiger partial charge in [0.05, 0.1) is 18.7 Å². The first-order valence-corrected chi connectivity index (χ1v) is 12.4. The van der Waals surface area contributed by atoms with Crippen LogP contribution in [0.5, 0.6) is 5.75 Å². The van der Waals surface area contributed by atoms with E-state index in [2.05, 4.69) is 4.90 Å². The van der Waals surface area contributed by atoms with Crippen LogP contribution in [0.4, 0.5) is 15.8 Å². The zero-order valence-corrected chi connectivity index (χ0v) is 21.1. The second kappa shape index (κ2) is 9.73. The zero-order valence-electron chi connectivity index (χ0n) is 21.1. The average molecular weight is 501 g/mol. The number of ketones is 1. The molecule has 5 rings (SSSR count). The normalized spacial score (nSPS) is 19.1. The van der Waals surface area contributed by atoms with E-state index in [1.165, 1.54) is 17.0 Å². The number of carbonyl (C=O) groups is 2. The number of benzene rings is 3. The van der Waals surface area contributed by atoms with Crippen molar-refractivity contribution in [2.75, 3.05) is 30.0 Å². The van der Waals surface area contributed by atoms with Gasteiger partial charge < -0.3 is 14.7 Å². The zero-order chi connectivity index (χ0) is 26.3. The van der Waals surface area contributed by atoms with E-state index >= 15 is 4.39 Å². The molecule has 2 aliphatic rings. The summed E-state index contributed by atoms with van der Waals surface area (Å²) >= 11 is 0. The van der Waals surface area contributed by atoms with E-state index in [4.69, 9.17) is 4.74 Å². The summed E-state index contributed by atoms with van der Waals surface area (Å²) in [5, 5.41) is 11.5. The Bertz CT molecular complexity index is 1410. The minimum atomic E-state index is -1.12. The Hall–Kier alpha value is -4.13. The molecule has 3 aromatic carbocycles. The largest absolute Gasteiger partial charge is 0.507 e. The lowest BCUT2D eigenvalue weighted by molar-refractivity contribution is -0.132. The van der Waals surface area contributed by atoms with Gasteiger partial charge in [0.2, 0.25) is 0 Å². The third-order valence-corrected chi connectivity index (χ3v) is 7.24. The molecule has 0 aliphatic carbocycles. The number of aliphatic hydroxyl groups excluding tert-OH is 1. The second-order valence-electron chi connectivity index (χ2n) is 9.54. The molecule has 1 amide bonds. The minimum absolute atomic E-state index is 0.134. The van der Waals surface area contributed by atoms with Crippen LogP contribution in [0.1, 0.15) is 41.1 Å². The lowest BCUT2D eigenvalue weighted by Crippen LogP contribution is -2.30. The van der Waals surface area contributed by atoms with E-state index in [1.807, 2.05) is 19.1 Å². The predicted molar refractivity (Wildman–Crippen MR) is 142 cm³/mol. The summed E-state index contributed by atoms with van der Waals surface area (Å²) in [5.41, 5.74) is 3.28. The summed E-state index contributed by atoms with van der Waals surface area (Å²) in [4.78, 5) is 30.4. The Balaban J connectivity index is 1.67. The average Bonchev–Trinajstić information content (AvgIpc) is 3.52. The molecule has 2 heterocycles. The lowest BCUT2D eigenvalue weighted by atomic mass is 9.92. The molecule has 2 saturated heterocycles. The van der Waals surface area contributed by atoms with Gasteiger partial charge in [-0.1, -0.05) is 18.2 Å². The number of rotatable bonds is 5. The highest BCUT2D eigenvalue weighted by Gasteiger charge is 2.48. The molecule has 0 radical (unpaired) electrons. The molecule has 6 nitrogen and oxygen atoms in total. The first kappa shape index (κ1) is 24.6. The van der Waals surface area contributed by atoms with Gasteiger partial charge in [0.15, 0.2) is 0 Å². The van der Waals surface area contributed by atoms with Gasteiger partial charge in [-0.05, 0) is 80.3 Å². The van der Waals surface area contributed by atoms with Crippen LogP contribution in [0.15, 0.2) is 66.2 Å². The van der Waals surface area contributed by atoms with Crippen molar-refractivity contribution in [3.05, 3.63) is 94.3 Å². The van der Waals surface area contributed by atoms with Crippen LogP contribution >= 0.6 is 0 Å². The molecule has 37 heavy (non-hydrogen) atoms. The van der Waals surface area contributed by atoms with Crippen LogP contribution in [0, 0.1) is 19.7 Å². The second-order valence-corrected chi connectivity index (χ2v) is 9.54. The molecule has 1 unspecified atom stereocenters. The monoisotopic (exact) mass is 500 g/mol. The Morgan fingerprint density at radius 2 is 1.59 bits per heavy atom. The summed E-state index contributed by atoms with van der Waals surface area (Å²) < 4.78 is 20.5. The number of carbonyl (C=O) groups excluding carboxylic acids is 2. The van der Waals surface area contributed by atoms with E-state index < -0.39 is 23.5 Å². The van der Waals surface area contributed by atoms with Crippen molar-refractivity contribution in [2.45, 2.75) is 32.7 Å². The van der Waals surface area contributed by atoms with Crippen molar-refractivity contribution in [2.24, 2.45) is 0 Å². The molecule has 3 aromatic rings. The van der Waals surface area contributed by atoms with Crippen LogP contribution in [-0.4, -0.2) is 37.0 Å². The molecule has 7 heteroatoms. The Morgan fingerprint density at radius 1 is 0.946 bits per heavy atom.